The minimum absolute atomic E-state index is 0.242. The second-order valence-corrected chi connectivity index (χ2v) is 8.56. The second kappa shape index (κ2) is 10.7. The maximum Gasteiger partial charge on any atom is 0.285 e. The van der Waals surface area contributed by atoms with Gasteiger partial charge in [0.1, 0.15) is 0 Å². The number of nitrogens with zero attached hydrogens (tertiary/aromatic N) is 1. The van der Waals surface area contributed by atoms with E-state index in [1.165, 1.54) is 0 Å². The van der Waals surface area contributed by atoms with Crippen LogP contribution in [0.2, 0.25) is 5.02 Å². The van der Waals surface area contributed by atoms with E-state index in [0.717, 1.165) is 28.8 Å². The lowest BCUT2D eigenvalue weighted by Gasteiger charge is -2.15. The number of carbonyl (C=O) groups excluding carboxylic acids is 2. The van der Waals surface area contributed by atoms with Gasteiger partial charge < -0.3 is 9.47 Å². The van der Waals surface area contributed by atoms with Crippen LogP contribution in [-0.4, -0.2) is 34.4 Å². The molecule has 0 saturated carbocycles. The fourth-order valence-electron chi connectivity index (χ4n) is 2.70. The first-order valence-electron chi connectivity index (χ1n) is 9.67. The Labute approximate surface area is 195 Å². The topological polar surface area (TPSA) is 67.9 Å². The maximum absolute atomic E-state index is 12.8. The van der Waals surface area contributed by atoms with Crippen molar-refractivity contribution in [2.45, 2.75) is 20.3 Å². The Kier molecular flexibility index (Phi) is 7.95. The number of thiocarbonyl (C=S) groups is 1. The molecule has 1 fully saturated rings. The summed E-state index contributed by atoms with van der Waals surface area (Å²) in [5.74, 6) is 0.409. The summed E-state index contributed by atoms with van der Waals surface area (Å²) in [6.45, 7) is 5.00. The van der Waals surface area contributed by atoms with Crippen LogP contribution in [0.1, 0.15) is 36.2 Å². The van der Waals surface area contributed by atoms with Gasteiger partial charge in [0, 0.05) is 10.6 Å². The number of hydrazine groups is 1. The number of hydrogen-bond donors (Lipinski definition) is 1. The molecule has 0 unspecified atom stereocenters. The van der Waals surface area contributed by atoms with Crippen LogP contribution in [0.25, 0.3) is 6.08 Å². The Balaban J connectivity index is 1.77. The molecule has 0 spiro atoms. The van der Waals surface area contributed by atoms with Crippen molar-refractivity contribution in [3.8, 4) is 11.5 Å². The fourth-order valence-corrected chi connectivity index (χ4v) is 4.00. The van der Waals surface area contributed by atoms with Gasteiger partial charge in [-0.15, -0.1) is 0 Å². The first-order valence-corrected chi connectivity index (χ1v) is 11.3. The molecule has 2 aromatic rings. The predicted molar refractivity (Wildman–Crippen MR) is 127 cm³/mol. The Morgan fingerprint density at radius 3 is 2.58 bits per heavy atom. The molecule has 0 radical (unpaired) electrons. The molecule has 1 N–H and O–H groups in total. The third-order valence-corrected chi connectivity index (χ3v) is 5.69. The van der Waals surface area contributed by atoms with Crippen LogP contribution in [0, 0.1) is 0 Å². The molecule has 0 aromatic heterocycles. The Morgan fingerprint density at radius 2 is 1.90 bits per heavy atom. The van der Waals surface area contributed by atoms with E-state index in [9.17, 15) is 9.59 Å². The summed E-state index contributed by atoms with van der Waals surface area (Å²) in [5, 5.41) is 1.59. The molecule has 31 heavy (non-hydrogen) atoms. The highest BCUT2D eigenvalue weighted by Gasteiger charge is 2.33. The van der Waals surface area contributed by atoms with Crippen molar-refractivity contribution in [2.75, 3.05) is 13.2 Å². The van der Waals surface area contributed by atoms with Crippen molar-refractivity contribution in [3.05, 3.63) is 63.5 Å². The van der Waals surface area contributed by atoms with Crippen LogP contribution in [-0.2, 0) is 4.79 Å². The summed E-state index contributed by atoms with van der Waals surface area (Å²) in [7, 11) is 0. The number of hydrogen-bond acceptors (Lipinski definition) is 6. The molecule has 2 amide bonds. The van der Waals surface area contributed by atoms with Crippen molar-refractivity contribution in [1.29, 1.82) is 0 Å². The van der Waals surface area contributed by atoms with Gasteiger partial charge >= 0.3 is 0 Å². The molecule has 9 heteroatoms. The smallest absolute Gasteiger partial charge is 0.285 e. The first-order chi connectivity index (χ1) is 14.9. The molecule has 1 saturated heterocycles. The molecule has 6 nitrogen and oxygen atoms in total. The van der Waals surface area contributed by atoms with Crippen LogP contribution in [0.4, 0.5) is 0 Å². The molecular formula is C22H21ClN2O4S2. The average molecular weight is 477 g/mol. The van der Waals surface area contributed by atoms with Gasteiger partial charge in [-0.05, 0) is 73.6 Å². The average Bonchev–Trinajstić information content (AvgIpc) is 3.01. The quantitative estimate of drug-likeness (QED) is 0.423. The van der Waals surface area contributed by atoms with Gasteiger partial charge in [-0.1, -0.05) is 36.4 Å². The Morgan fingerprint density at radius 1 is 1.16 bits per heavy atom. The summed E-state index contributed by atoms with van der Waals surface area (Å²) in [4.78, 5) is 25.7. The van der Waals surface area contributed by atoms with Gasteiger partial charge in [-0.3, -0.25) is 15.0 Å². The van der Waals surface area contributed by atoms with E-state index >= 15 is 0 Å². The molecular weight excluding hydrogens is 456 g/mol. The monoisotopic (exact) mass is 476 g/mol. The number of carbonyl (C=O) groups is 2. The van der Waals surface area contributed by atoms with E-state index in [1.54, 1.807) is 30.3 Å². The molecule has 162 valence electrons. The fraction of sp³-hybridized carbons (Fsp3) is 0.227. The number of benzene rings is 2. The van der Waals surface area contributed by atoms with Crippen molar-refractivity contribution in [3.63, 3.8) is 0 Å². The Hall–Kier alpha value is -2.55. The highest BCUT2D eigenvalue weighted by molar-refractivity contribution is 8.26. The highest BCUT2D eigenvalue weighted by Crippen LogP contribution is 2.34. The summed E-state index contributed by atoms with van der Waals surface area (Å²) >= 11 is 12.2. The largest absolute Gasteiger partial charge is 0.490 e. The Bertz CT molecular complexity index is 1020. The van der Waals surface area contributed by atoms with Crippen molar-refractivity contribution in [2.24, 2.45) is 0 Å². The summed E-state index contributed by atoms with van der Waals surface area (Å²) < 4.78 is 11.6. The van der Waals surface area contributed by atoms with E-state index in [4.69, 9.17) is 33.3 Å². The van der Waals surface area contributed by atoms with Gasteiger partial charge in [-0.25, -0.2) is 0 Å². The highest BCUT2D eigenvalue weighted by atomic mass is 35.5. The molecule has 1 aliphatic heterocycles. The first kappa shape index (κ1) is 23.1. The molecule has 1 aliphatic rings. The zero-order chi connectivity index (χ0) is 22.4. The molecule has 3 rings (SSSR count). The third-order valence-electron chi connectivity index (χ3n) is 4.14. The van der Waals surface area contributed by atoms with Crippen molar-refractivity contribution in [1.82, 2.24) is 10.4 Å². The lowest BCUT2D eigenvalue weighted by molar-refractivity contribution is -0.123. The number of ether oxygens (including phenoxy) is 2. The maximum atomic E-state index is 12.8. The lowest BCUT2D eigenvalue weighted by Crippen LogP contribution is -2.44. The number of thioether (sulfide) groups is 1. The van der Waals surface area contributed by atoms with Gasteiger partial charge in [0.15, 0.2) is 15.8 Å². The minimum atomic E-state index is -0.453. The van der Waals surface area contributed by atoms with Crippen LogP contribution < -0.4 is 14.9 Å². The lowest BCUT2D eigenvalue weighted by atomic mass is 10.2. The van der Waals surface area contributed by atoms with Crippen LogP contribution in [0.3, 0.4) is 0 Å². The predicted octanol–water partition coefficient (Wildman–Crippen LogP) is 5.07. The van der Waals surface area contributed by atoms with Gasteiger partial charge in [-0.2, -0.15) is 5.01 Å². The normalized spacial score (nSPS) is 14.8. The zero-order valence-electron chi connectivity index (χ0n) is 17.0. The van der Waals surface area contributed by atoms with E-state index in [0.29, 0.717) is 40.2 Å². The van der Waals surface area contributed by atoms with E-state index in [1.807, 2.05) is 32.0 Å². The van der Waals surface area contributed by atoms with Crippen LogP contribution in [0.15, 0.2) is 47.4 Å². The van der Waals surface area contributed by atoms with Crippen molar-refractivity contribution < 1.29 is 19.1 Å². The summed E-state index contributed by atoms with van der Waals surface area (Å²) in [6.07, 6.45) is 2.59. The summed E-state index contributed by atoms with van der Waals surface area (Å²) in [5.41, 5.74) is 3.68. The van der Waals surface area contributed by atoms with E-state index < -0.39 is 11.8 Å². The molecule has 1 heterocycles. The van der Waals surface area contributed by atoms with E-state index in [-0.39, 0.29) is 4.32 Å². The number of halogens is 1. The molecule has 0 atom stereocenters. The van der Waals surface area contributed by atoms with Crippen LogP contribution in [0.5, 0.6) is 11.5 Å². The second-order valence-electron chi connectivity index (χ2n) is 6.45. The minimum Gasteiger partial charge on any atom is -0.490 e. The van der Waals surface area contributed by atoms with Crippen molar-refractivity contribution >= 4 is 57.8 Å². The SMILES string of the molecule is CCCOc1ccc(/C=C2\SC(=S)N(NC(=O)c3ccc(Cl)cc3)C2=O)cc1OCC. The van der Waals surface area contributed by atoms with Gasteiger partial charge in [0.05, 0.1) is 18.1 Å². The number of amides is 2. The summed E-state index contributed by atoms with van der Waals surface area (Å²) in [6, 6.07) is 11.8. The molecule has 2 aromatic carbocycles. The van der Waals surface area contributed by atoms with Crippen LogP contribution >= 0.6 is 35.6 Å². The van der Waals surface area contributed by atoms with Gasteiger partial charge in [0.2, 0.25) is 0 Å². The zero-order valence-corrected chi connectivity index (χ0v) is 19.4. The standard InChI is InChI=1S/C22H21ClN2O4S2/c1-3-11-29-17-10-5-14(12-18(17)28-4-2)13-19-21(27)25(22(30)31-19)24-20(26)15-6-8-16(23)9-7-15/h5-10,12-13H,3-4,11H2,1-2H3,(H,24,26)/b19-13-. The molecule has 0 aliphatic carbocycles. The number of nitrogens with one attached hydrogen (secondary N) is 1. The third kappa shape index (κ3) is 5.78. The van der Waals surface area contributed by atoms with E-state index in [2.05, 4.69) is 5.43 Å². The number of rotatable bonds is 8. The van der Waals surface area contributed by atoms with Gasteiger partial charge in [0.25, 0.3) is 11.8 Å². The molecule has 0 bridgehead atoms.